The van der Waals surface area contributed by atoms with Crippen molar-refractivity contribution in [1.82, 2.24) is 0 Å². The molecular formula is C5H13PS2. The fraction of sp³-hybridized carbons (Fsp3) is 1.00. The van der Waals surface area contributed by atoms with Gasteiger partial charge in [0.2, 0.25) is 0 Å². The zero-order valence-corrected chi connectivity index (χ0v) is 8.03. The fourth-order valence-electron chi connectivity index (χ4n) is 0.451. The van der Waals surface area contributed by atoms with Gasteiger partial charge in [-0.25, -0.2) is 0 Å². The third kappa shape index (κ3) is 7.00. The minimum Gasteiger partial charge on any atom is -0.141 e. The molecule has 0 radical (unpaired) electrons. The fourth-order valence-corrected chi connectivity index (χ4v) is 2.17. The molecule has 50 valence electrons. The summed E-state index contributed by atoms with van der Waals surface area (Å²) in [5.41, 5.74) is 0. The Kier molecular flexibility index (Phi) is 4.41. The number of unbranched alkanes of at least 4 members (excludes halogenated alkanes) is 1. The molecule has 0 fully saturated rings. The molecule has 0 bridgehead atoms. The quantitative estimate of drug-likeness (QED) is 0.499. The van der Waals surface area contributed by atoms with Crippen molar-refractivity contribution < 1.29 is 0 Å². The molecule has 0 aromatic carbocycles. The molecule has 8 heavy (non-hydrogen) atoms. The second-order valence-corrected chi connectivity index (χ2v) is 10.6. The third-order valence-corrected chi connectivity index (χ3v) is 3.22. The molecule has 0 aliphatic heterocycles. The predicted octanol–water partition coefficient (Wildman–Crippen LogP) is 2.74. The second kappa shape index (κ2) is 3.92. The topological polar surface area (TPSA) is 0 Å². The van der Waals surface area contributed by atoms with E-state index >= 15 is 0 Å². The second-order valence-electron chi connectivity index (χ2n) is 2.13. The lowest BCUT2D eigenvalue weighted by molar-refractivity contribution is 0.894. The molecule has 0 N–H and O–H groups in total. The Hall–Kier alpha value is 1.00. The Bertz CT molecular complexity index is 94.6. The highest BCUT2D eigenvalue weighted by atomic mass is 32.9. The Morgan fingerprint density at radius 3 is 2.25 bits per heavy atom. The van der Waals surface area contributed by atoms with Gasteiger partial charge in [0.25, 0.3) is 0 Å². The molecule has 0 spiro atoms. The summed E-state index contributed by atoms with van der Waals surface area (Å²) in [6.45, 7) is 4.26. The van der Waals surface area contributed by atoms with Crippen LogP contribution in [0.4, 0.5) is 0 Å². The summed E-state index contributed by atoms with van der Waals surface area (Å²) in [4.78, 5) is 0. The first kappa shape index (κ1) is 9.00. The number of rotatable bonds is 3. The van der Waals surface area contributed by atoms with Crippen molar-refractivity contribution in [1.29, 1.82) is 0 Å². The largest absolute Gasteiger partial charge is 0.141 e. The summed E-state index contributed by atoms with van der Waals surface area (Å²) in [5.74, 6) is 0. The molecular weight excluding hydrogens is 155 g/mol. The van der Waals surface area contributed by atoms with Crippen LogP contribution in [0.25, 0.3) is 0 Å². The number of hydrogen-bond acceptors (Lipinski definition) is 1. The Balaban J connectivity index is 3.26. The Morgan fingerprint density at radius 2 is 2.12 bits per heavy atom. The highest BCUT2D eigenvalue weighted by Gasteiger charge is 1.99. The number of hydrogen-bond donors (Lipinski definition) is 1. The predicted molar refractivity (Wildman–Crippen MR) is 49.0 cm³/mol. The van der Waals surface area contributed by atoms with Crippen LogP contribution in [0.3, 0.4) is 0 Å². The van der Waals surface area contributed by atoms with E-state index < -0.39 is 5.24 Å². The Labute approximate surface area is 62.2 Å². The molecule has 0 amide bonds. The maximum atomic E-state index is 5.13. The molecule has 1 unspecified atom stereocenters. The van der Waals surface area contributed by atoms with Crippen LogP contribution >= 0.6 is 17.5 Å². The van der Waals surface area contributed by atoms with Gasteiger partial charge in [-0.2, -0.15) is 0 Å². The van der Waals surface area contributed by atoms with Crippen LogP contribution < -0.4 is 0 Å². The van der Waals surface area contributed by atoms with Crippen LogP contribution in [0.15, 0.2) is 0 Å². The summed E-state index contributed by atoms with van der Waals surface area (Å²) >= 11 is 9.44. The van der Waals surface area contributed by atoms with Crippen LogP contribution in [0, 0.1) is 0 Å². The van der Waals surface area contributed by atoms with Gasteiger partial charge in [-0.05, 0) is 19.2 Å². The lowest BCUT2D eigenvalue weighted by Gasteiger charge is -2.05. The molecule has 0 aliphatic rings. The van der Waals surface area contributed by atoms with Crippen molar-refractivity contribution in [3.05, 3.63) is 0 Å². The SMILES string of the molecule is CCCCP(C)(=S)S. The average Bonchev–Trinajstić information content (AvgIpc) is 1.59. The minimum absolute atomic E-state index is 1.15. The maximum Gasteiger partial charge on any atom is 0.000483 e. The van der Waals surface area contributed by atoms with Gasteiger partial charge in [-0.1, -0.05) is 25.2 Å². The molecule has 0 aromatic heterocycles. The molecule has 0 saturated heterocycles. The maximum absolute atomic E-state index is 5.13. The van der Waals surface area contributed by atoms with Gasteiger partial charge in [-0.15, -0.1) is 12.2 Å². The van der Waals surface area contributed by atoms with Crippen molar-refractivity contribution in [2.24, 2.45) is 0 Å². The van der Waals surface area contributed by atoms with E-state index in [-0.39, 0.29) is 0 Å². The lowest BCUT2D eigenvalue weighted by Crippen LogP contribution is -1.78. The molecule has 0 saturated carbocycles. The van der Waals surface area contributed by atoms with E-state index in [1.807, 2.05) is 0 Å². The standard InChI is InChI=1S/C5H13PS2/c1-3-4-5-6(2,7)8/h3-5H2,1-2H3,(H,7,8). The molecule has 1 atom stereocenters. The summed E-state index contributed by atoms with van der Waals surface area (Å²) in [6, 6.07) is 0. The molecule has 0 nitrogen and oxygen atoms in total. The van der Waals surface area contributed by atoms with Crippen molar-refractivity contribution in [3.63, 3.8) is 0 Å². The first-order valence-electron chi connectivity index (χ1n) is 2.85. The monoisotopic (exact) mass is 168 g/mol. The van der Waals surface area contributed by atoms with Gasteiger partial charge in [0.05, 0.1) is 0 Å². The van der Waals surface area contributed by atoms with Gasteiger partial charge < -0.3 is 0 Å². The summed E-state index contributed by atoms with van der Waals surface area (Å²) < 4.78 is 0. The van der Waals surface area contributed by atoms with Gasteiger partial charge in [0.15, 0.2) is 0 Å². The zero-order chi connectivity index (χ0) is 6.62. The van der Waals surface area contributed by atoms with Crippen LogP contribution in [-0.2, 0) is 11.8 Å². The van der Waals surface area contributed by atoms with E-state index in [2.05, 4.69) is 25.8 Å². The van der Waals surface area contributed by atoms with Gasteiger partial charge in [-0.3, -0.25) is 0 Å². The minimum atomic E-state index is -1.15. The van der Waals surface area contributed by atoms with E-state index in [9.17, 15) is 0 Å². The average molecular weight is 168 g/mol. The van der Waals surface area contributed by atoms with E-state index in [0.29, 0.717) is 0 Å². The molecule has 0 aliphatic carbocycles. The molecule has 0 aromatic rings. The Morgan fingerprint density at radius 1 is 1.62 bits per heavy atom. The molecule has 3 heteroatoms. The van der Waals surface area contributed by atoms with Crippen LogP contribution in [0.2, 0.25) is 0 Å². The summed E-state index contributed by atoms with van der Waals surface area (Å²) in [7, 11) is 0. The molecule has 0 heterocycles. The van der Waals surface area contributed by atoms with Crippen molar-refractivity contribution >= 4 is 29.3 Å². The van der Waals surface area contributed by atoms with Gasteiger partial charge in [0, 0.05) is 5.24 Å². The smallest absolute Gasteiger partial charge is 0.000483 e. The van der Waals surface area contributed by atoms with E-state index in [1.54, 1.807) is 0 Å². The first-order chi connectivity index (χ1) is 3.56. The zero-order valence-electron chi connectivity index (χ0n) is 5.42. The number of thiol groups is 1. The normalized spacial score (nSPS) is 17.9. The summed E-state index contributed by atoms with van der Waals surface area (Å²) in [6.07, 6.45) is 3.64. The van der Waals surface area contributed by atoms with Crippen molar-refractivity contribution in [3.8, 4) is 0 Å². The van der Waals surface area contributed by atoms with E-state index in [1.165, 1.54) is 12.8 Å². The van der Waals surface area contributed by atoms with Gasteiger partial charge in [0.1, 0.15) is 0 Å². The first-order valence-corrected chi connectivity index (χ1v) is 7.44. The lowest BCUT2D eigenvalue weighted by atomic mass is 10.4. The van der Waals surface area contributed by atoms with Crippen molar-refractivity contribution in [2.75, 3.05) is 12.8 Å². The third-order valence-electron chi connectivity index (χ3n) is 0.927. The van der Waals surface area contributed by atoms with Crippen LogP contribution in [-0.4, -0.2) is 12.8 Å². The summed E-state index contributed by atoms with van der Waals surface area (Å²) in [5, 5.41) is -1.15. The van der Waals surface area contributed by atoms with E-state index in [4.69, 9.17) is 11.8 Å². The van der Waals surface area contributed by atoms with E-state index in [0.717, 1.165) is 6.16 Å². The van der Waals surface area contributed by atoms with Gasteiger partial charge >= 0.3 is 0 Å². The molecule has 0 rings (SSSR count). The highest BCUT2D eigenvalue weighted by Crippen LogP contribution is 2.47. The highest BCUT2D eigenvalue weighted by molar-refractivity contribution is 8.63. The van der Waals surface area contributed by atoms with Crippen LogP contribution in [0.5, 0.6) is 0 Å². The van der Waals surface area contributed by atoms with Crippen LogP contribution in [0.1, 0.15) is 19.8 Å². The van der Waals surface area contributed by atoms with Crippen molar-refractivity contribution in [2.45, 2.75) is 19.8 Å².